The average Bonchev–Trinajstić information content (AvgIpc) is 2.85. The van der Waals surface area contributed by atoms with Crippen molar-refractivity contribution in [3.05, 3.63) is 58.5 Å². The van der Waals surface area contributed by atoms with Gasteiger partial charge < -0.3 is 9.84 Å². The number of nitrogens with zero attached hydrogens (tertiary/aromatic N) is 1. The summed E-state index contributed by atoms with van der Waals surface area (Å²) in [6.45, 7) is 2.79. The van der Waals surface area contributed by atoms with Crippen molar-refractivity contribution in [3.8, 4) is 0 Å². The molecule has 1 heterocycles. The Morgan fingerprint density at radius 1 is 1.21 bits per heavy atom. The molecular formula is C15H17ClN2O. The zero-order valence-corrected chi connectivity index (χ0v) is 11.7. The molecule has 100 valence electrons. The standard InChI is InChI=1S/C15H17ClN2O/c1-2-3-14-8-9-15(19-14)11-18-17-10-12-4-6-13(16)7-5-12/h4-9,11,17H,2-3,10H2,1H3/b18-11-. The molecule has 0 unspecified atom stereocenters. The second-order valence-corrected chi connectivity index (χ2v) is 4.71. The minimum absolute atomic E-state index is 0.663. The number of hydrogen-bond donors (Lipinski definition) is 1. The van der Waals surface area contributed by atoms with Gasteiger partial charge in [0.2, 0.25) is 0 Å². The van der Waals surface area contributed by atoms with Crippen LogP contribution in [0.15, 0.2) is 45.9 Å². The minimum Gasteiger partial charge on any atom is -0.460 e. The van der Waals surface area contributed by atoms with Gasteiger partial charge in [-0.25, -0.2) is 0 Å². The van der Waals surface area contributed by atoms with Crippen molar-refractivity contribution in [1.29, 1.82) is 0 Å². The first-order chi connectivity index (χ1) is 9.28. The summed E-state index contributed by atoms with van der Waals surface area (Å²) in [5.41, 5.74) is 4.11. The van der Waals surface area contributed by atoms with Crippen molar-refractivity contribution in [2.75, 3.05) is 0 Å². The van der Waals surface area contributed by atoms with Gasteiger partial charge in [0.1, 0.15) is 11.5 Å². The van der Waals surface area contributed by atoms with Crippen LogP contribution in [0.1, 0.15) is 30.4 Å². The van der Waals surface area contributed by atoms with Crippen LogP contribution in [-0.4, -0.2) is 6.21 Å². The third-order valence-corrected chi connectivity index (χ3v) is 2.91. The lowest BCUT2D eigenvalue weighted by Crippen LogP contribution is -2.05. The van der Waals surface area contributed by atoms with E-state index in [4.69, 9.17) is 16.0 Å². The molecule has 0 aliphatic rings. The lowest BCUT2D eigenvalue weighted by Gasteiger charge is -2.00. The van der Waals surface area contributed by atoms with E-state index in [0.29, 0.717) is 6.54 Å². The number of aryl methyl sites for hydroxylation is 1. The third-order valence-electron chi connectivity index (χ3n) is 2.66. The second kappa shape index (κ2) is 7.00. The maximum atomic E-state index is 5.82. The Morgan fingerprint density at radius 3 is 2.74 bits per heavy atom. The zero-order chi connectivity index (χ0) is 13.5. The summed E-state index contributed by atoms with van der Waals surface area (Å²) in [5, 5.41) is 4.87. The molecule has 2 aromatic rings. The zero-order valence-electron chi connectivity index (χ0n) is 10.9. The van der Waals surface area contributed by atoms with Crippen molar-refractivity contribution in [3.63, 3.8) is 0 Å². The summed E-state index contributed by atoms with van der Waals surface area (Å²) >= 11 is 5.82. The molecule has 0 aliphatic heterocycles. The quantitative estimate of drug-likeness (QED) is 0.639. The Morgan fingerprint density at radius 2 is 2.00 bits per heavy atom. The van der Waals surface area contributed by atoms with Crippen LogP contribution in [0, 0.1) is 0 Å². The smallest absolute Gasteiger partial charge is 0.147 e. The first-order valence-electron chi connectivity index (χ1n) is 6.37. The molecule has 1 aromatic carbocycles. The molecule has 1 aromatic heterocycles. The van der Waals surface area contributed by atoms with Crippen LogP contribution in [0.4, 0.5) is 0 Å². The van der Waals surface area contributed by atoms with Crippen molar-refractivity contribution < 1.29 is 4.42 Å². The van der Waals surface area contributed by atoms with Gasteiger partial charge in [0.05, 0.1) is 12.8 Å². The molecule has 0 amide bonds. The van der Waals surface area contributed by atoms with Crippen LogP contribution in [0.2, 0.25) is 5.02 Å². The Kier molecular flexibility index (Phi) is 5.04. The fourth-order valence-corrected chi connectivity index (χ4v) is 1.82. The number of rotatable bonds is 6. The first kappa shape index (κ1) is 13.7. The molecule has 0 bridgehead atoms. The van der Waals surface area contributed by atoms with E-state index >= 15 is 0 Å². The van der Waals surface area contributed by atoms with E-state index in [1.165, 1.54) is 0 Å². The van der Waals surface area contributed by atoms with Crippen LogP contribution in [0.5, 0.6) is 0 Å². The first-order valence-corrected chi connectivity index (χ1v) is 6.75. The third kappa shape index (κ3) is 4.45. The van der Waals surface area contributed by atoms with E-state index in [1.807, 2.05) is 36.4 Å². The van der Waals surface area contributed by atoms with E-state index in [2.05, 4.69) is 17.5 Å². The highest BCUT2D eigenvalue weighted by atomic mass is 35.5. The Hall–Kier alpha value is -1.74. The van der Waals surface area contributed by atoms with Gasteiger partial charge in [-0.15, -0.1) is 0 Å². The van der Waals surface area contributed by atoms with Gasteiger partial charge in [-0.2, -0.15) is 5.10 Å². The Labute approximate surface area is 118 Å². The molecular weight excluding hydrogens is 260 g/mol. The summed E-state index contributed by atoms with van der Waals surface area (Å²) in [7, 11) is 0. The number of hydrazone groups is 1. The van der Waals surface area contributed by atoms with Crippen LogP contribution in [0.3, 0.4) is 0 Å². The van der Waals surface area contributed by atoms with Crippen LogP contribution < -0.4 is 5.43 Å². The van der Waals surface area contributed by atoms with E-state index in [9.17, 15) is 0 Å². The lowest BCUT2D eigenvalue weighted by atomic mass is 10.2. The van der Waals surface area contributed by atoms with Gasteiger partial charge in [0, 0.05) is 11.4 Å². The van der Waals surface area contributed by atoms with Gasteiger partial charge in [0.15, 0.2) is 0 Å². The van der Waals surface area contributed by atoms with Crippen LogP contribution >= 0.6 is 11.6 Å². The maximum absolute atomic E-state index is 5.82. The monoisotopic (exact) mass is 276 g/mol. The minimum atomic E-state index is 0.663. The van der Waals surface area contributed by atoms with Crippen molar-refractivity contribution in [2.24, 2.45) is 5.10 Å². The number of benzene rings is 1. The van der Waals surface area contributed by atoms with E-state index in [-0.39, 0.29) is 0 Å². The highest BCUT2D eigenvalue weighted by Gasteiger charge is 1.98. The normalized spacial score (nSPS) is 11.1. The molecule has 1 N–H and O–H groups in total. The fraction of sp³-hybridized carbons (Fsp3) is 0.267. The molecule has 0 atom stereocenters. The van der Waals surface area contributed by atoms with Gasteiger partial charge in [-0.3, -0.25) is 0 Å². The van der Waals surface area contributed by atoms with Crippen molar-refractivity contribution in [1.82, 2.24) is 5.43 Å². The highest BCUT2D eigenvalue weighted by molar-refractivity contribution is 6.30. The predicted molar refractivity (Wildman–Crippen MR) is 78.6 cm³/mol. The van der Waals surface area contributed by atoms with Gasteiger partial charge >= 0.3 is 0 Å². The summed E-state index contributed by atoms with van der Waals surface area (Å²) in [5.74, 6) is 1.77. The van der Waals surface area contributed by atoms with Crippen LogP contribution in [-0.2, 0) is 13.0 Å². The average molecular weight is 277 g/mol. The molecule has 0 spiro atoms. The van der Waals surface area contributed by atoms with Crippen molar-refractivity contribution >= 4 is 17.8 Å². The molecule has 19 heavy (non-hydrogen) atoms. The summed E-state index contributed by atoms with van der Waals surface area (Å²) < 4.78 is 5.59. The summed E-state index contributed by atoms with van der Waals surface area (Å²) in [6, 6.07) is 11.6. The van der Waals surface area contributed by atoms with Crippen LogP contribution in [0.25, 0.3) is 0 Å². The molecule has 0 saturated carbocycles. The summed E-state index contributed by atoms with van der Waals surface area (Å²) in [4.78, 5) is 0. The highest BCUT2D eigenvalue weighted by Crippen LogP contribution is 2.09. The molecule has 2 rings (SSSR count). The largest absolute Gasteiger partial charge is 0.460 e. The SMILES string of the molecule is CCCc1ccc(/C=N\NCc2ccc(Cl)cc2)o1. The number of halogens is 1. The summed E-state index contributed by atoms with van der Waals surface area (Å²) in [6.07, 6.45) is 3.74. The van der Waals surface area contributed by atoms with E-state index in [0.717, 1.165) is 34.9 Å². The van der Waals surface area contributed by atoms with E-state index in [1.54, 1.807) is 6.21 Å². The number of nitrogens with one attached hydrogen (secondary N) is 1. The maximum Gasteiger partial charge on any atom is 0.147 e. The molecule has 0 fully saturated rings. The topological polar surface area (TPSA) is 37.5 Å². The Bertz CT molecular complexity index is 531. The van der Waals surface area contributed by atoms with Crippen molar-refractivity contribution in [2.45, 2.75) is 26.3 Å². The molecule has 4 heteroatoms. The van der Waals surface area contributed by atoms with Gasteiger partial charge in [-0.1, -0.05) is 30.7 Å². The second-order valence-electron chi connectivity index (χ2n) is 4.27. The molecule has 0 radical (unpaired) electrons. The number of furan rings is 1. The lowest BCUT2D eigenvalue weighted by molar-refractivity contribution is 0.500. The number of hydrogen-bond acceptors (Lipinski definition) is 3. The predicted octanol–water partition coefficient (Wildman–Crippen LogP) is 4.01. The van der Waals surface area contributed by atoms with Gasteiger partial charge in [-0.05, 0) is 36.2 Å². The fourth-order valence-electron chi connectivity index (χ4n) is 1.69. The van der Waals surface area contributed by atoms with E-state index < -0.39 is 0 Å². The van der Waals surface area contributed by atoms with Gasteiger partial charge in [0.25, 0.3) is 0 Å². The molecule has 0 aliphatic carbocycles. The molecule has 0 saturated heterocycles. The Balaban J connectivity index is 1.81. The molecule has 3 nitrogen and oxygen atoms in total.